The molecular weight excluding hydrogens is 449 g/mol. The Labute approximate surface area is 206 Å². The van der Waals surface area contributed by atoms with Crippen LogP contribution in [0.2, 0.25) is 5.02 Å². The number of nitrogens with two attached hydrogens (primary N) is 1. The van der Waals surface area contributed by atoms with Crippen molar-refractivity contribution in [2.45, 2.75) is 52.4 Å². The average Bonchev–Trinajstić information content (AvgIpc) is 2.99. The predicted molar refractivity (Wildman–Crippen MR) is 137 cm³/mol. The molecule has 1 fully saturated rings. The van der Waals surface area contributed by atoms with Crippen molar-refractivity contribution in [1.82, 2.24) is 10.3 Å². The number of nitrogen functional groups attached to an aromatic ring is 1. The maximum Gasteiger partial charge on any atom is 0.496 e. The molecular formula is C26H29BClN3O3. The van der Waals surface area contributed by atoms with Crippen molar-refractivity contribution in [1.29, 1.82) is 0 Å². The van der Waals surface area contributed by atoms with Gasteiger partial charge >= 0.3 is 7.12 Å². The van der Waals surface area contributed by atoms with Crippen molar-refractivity contribution < 1.29 is 14.1 Å². The lowest BCUT2D eigenvalue weighted by Gasteiger charge is -2.32. The molecule has 8 heteroatoms. The molecule has 1 aliphatic heterocycles. The molecule has 1 aliphatic rings. The Kier molecular flexibility index (Phi) is 6.47. The van der Waals surface area contributed by atoms with Gasteiger partial charge in [-0.3, -0.25) is 4.79 Å². The fraction of sp³-hybridized carbons (Fsp3) is 0.308. The minimum absolute atomic E-state index is 0.152. The van der Waals surface area contributed by atoms with E-state index in [-0.39, 0.29) is 5.91 Å². The summed E-state index contributed by atoms with van der Waals surface area (Å²) in [4.78, 5) is 17.2. The average molecular weight is 478 g/mol. The van der Waals surface area contributed by atoms with Crippen LogP contribution in [0.15, 0.2) is 54.7 Å². The van der Waals surface area contributed by atoms with E-state index in [1.165, 1.54) is 0 Å². The molecule has 0 radical (unpaired) electrons. The van der Waals surface area contributed by atoms with Crippen LogP contribution >= 0.6 is 11.6 Å². The minimum atomic E-state index is -0.533. The molecule has 3 aromatic rings. The number of halogens is 1. The number of rotatable bonds is 5. The number of carbonyl (C=O) groups is 1. The standard InChI is InChI=1S/C26H29BClN3O3/c1-16-11-18(9-10-21(16)24(32)31-14-17-7-6-8-20(28)12-17)22-13-19(15-30-23(22)29)27-33-25(2,3)26(4,5)34-27/h6-13,15H,14H2,1-5H3,(H2,29,30)(H,31,32). The summed E-state index contributed by atoms with van der Waals surface area (Å²) in [5, 5.41) is 3.59. The molecule has 0 aliphatic carbocycles. The number of carbonyl (C=O) groups excluding carboxylic acids is 1. The first kappa shape index (κ1) is 24.3. The third-order valence-electron chi connectivity index (χ3n) is 6.59. The van der Waals surface area contributed by atoms with Crippen molar-refractivity contribution >= 4 is 35.9 Å². The Balaban J connectivity index is 1.54. The zero-order valence-corrected chi connectivity index (χ0v) is 20.9. The number of hydrogen-bond acceptors (Lipinski definition) is 5. The fourth-order valence-corrected chi connectivity index (χ4v) is 4.05. The number of benzene rings is 2. The second-order valence-corrected chi connectivity index (χ2v) is 10.1. The number of pyridine rings is 1. The molecule has 6 nitrogen and oxygen atoms in total. The Bertz CT molecular complexity index is 1230. The van der Waals surface area contributed by atoms with E-state index in [0.717, 1.165) is 27.7 Å². The summed E-state index contributed by atoms with van der Waals surface area (Å²) in [6, 6.07) is 15.0. The number of amides is 1. The van der Waals surface area contributed by atoms with Crippen molar-refractivity contribution in [3.63, 3.8) is 0 Å². The highest BCUT2D eigenvalue weighted by Crippen LogP contribution is 2.37. The number of hydrogen-bond donors (Lipinski definition) is 2. The molecule has 2 heterocycles. The topological polar surface area (TPSA) is 86.5 Å². The van der Waals surface area contributed by atoms with Gasteiger partial charge in [-0.05, 0) is 75.6 Å². The van der Waals surface area contributed by atoms with Gasteiger partial charge in [0.25, 0.3) is 5.91 Å². The van der Waals surface area contributed by atoms with E-state index in [4.69, 9.17) is 26.6 Å². The summed E-state index contributed by atoms with van der Waals surface area (Å²) in [5.74, 6) is 0.249. The van der Waals surface area contributed by atoms with Gasteiger partial charge in [-0.25, -0.2) is 4.98 Å². The number of nitrogens with one attached hydrogen (secondary N) is 1. The number of aromatic nitrogens is 1. The number of nitrogens with zero attached hydrogens (tertiary/aromatic N) is 1. The first-order valence-corrected chi connectivity index (χ1v) is 11.6. The van der Waals surface area contributed by atoms with Gasteiger partial charge in [0.1, 0.15) is 5.82 Å². The molecule has 1 aromatic heterocycles. The minimum Gasteiger partial charge on any atom is -0.399 e. The number of anilines is 1. The lowest BCUT2D eigenvalue weighted by Crippen LogP contribution is -2.41. The Morgan fingerprint density at radius 1 is 1.09 bits per heavy atom. The molecule has 0 spiro atoms. The largest absolute Gasteiger partial charge is 0.496 e. The molecule has 4 rings (SSSR count). The van der Waals surface area contributed by atoms with Crippen LogP contribution in [0.5, 0.6) is 0 Å². The maximum atomic E-state index is 12.8. The van der Waals surface area contributed by atoms with E-state index < -0.39 is 18.3 Å². The van der Waals surface area contributed by atoms with Gasteiger partial charge in [0.05, 0.1) is 11.2 Å². The molecule has 3 N–H and O–H groups in total. The molecule has 0 unspecified atom stereocenters. The zero-order valence-electron chi connectivity index (χ0n) is 20.1. The molecule has 2 aromatic carbocycles. The molecule has 1 saturated heterocycles. The Morgan fingerprint density at radius 2 is 1.79 bits per heavy atom. The van der Waals surface area contributed by atoms with Gasteiger partial charge in [0, 0.05) is 34.4 Å². The first-order chi connectivity index (χ1) is 16.0. The van der Waals surface area contributed by atoms with Crippen molar-refractivity contribution in [3.8, 4) is 11.1 Å². The maximum absolute atomic E-state index is 12.8. The van der Waals surface area contributed by atoms with Gasteiger partial charge in [0.2, 0.25) is 0 Å². The van der Waals surface area contributed by atoms with Crippen LogP contribution in [0, 0.1) is 6.92 Å². The van der Waals surface area contributed by atoms with E-state index in [1.54, 1.807) is 18.3 Å². The van der Waals surface area contributed by atoms with Crippen LogP contribution in [0.25, 0.3) is 11.1 Å². The Morgan fingerprint density at radius 3 is 2.44 bits per heavy atom. The van der Waals surface area contributed by atoms with Gasteiger partial charge in [-0.1, -0.05) is 35.9 Å². The zero-order chi connectivity index (χ0) is 24.7. The second kappa shape index (κ2) is 9.06. The van der Waals surface area contributed by atoms with E-state index in [9.17, 15) is 4.79 Å². The van der Waals surface area contributed by atoms with Crippen molar-refractivity contribution in [2.75, 3.05) is 5.73 Å². The van der Waals surface area contributed by atoms with Gasteiger partial charge < -0.3 is 20.4 Å². The predicted octanol–water partition coefficient (Wildman–Crippen LogP) is 4.52. The first-order valence-electron chi connectivity index (χ1n) is 11.2. The van der Waals surface area contributed by atoms with Crippen molar-refractivity contribution in [3.05, 3.63) is 76.4 Å². The van der Waals surface area contributed by atoms with E-state index in [2.05, 4.69) is 10.3 Å². The summed E-state index contributed by atoms with van der Waals surface area (Å²) in [5.41, 5.74) is 10.1. The van der Waals surface area contributed by atoms with Crippen molar-refractivity contribution in [2.24, 2.45) is 0 Å². The van der Waals surface area contributed by atoms with Crippen LogP contribution in [0.1, 0.15) is 49.2 Å². The molecule has 0 bridgehead atoms. The molecule has 0 atom stereocenters. The smallest absolute Gasteiger partial charge is 0.399 e. The van der Waals surface area contributed by atoms with Gasteiger partial charge in [-0.2, -0.15) is 0 Å². The van der Waals surface area contributed by atoms with Crippen LogP contribution in [0.4, 0.5) is 5.82 Å². The fourth-order valence-electron chi connectivity index (χ4n) is 3.84. The van der Waals surface area contributed by atoms with Crippen LogP contribution < -0.4 is 16.5 Å². The monoisotopic (exact) mass is 477 g/mol. The lowest BCUT2D eigenvalue weighted by molar-refractivity contribution is 0.00578. The molecule has 176 valence electrons. The third-order valence-corrected chi connectivity index (χ3v) is 6.82. The molecule has 34 heavy (non-hydrogen) atoms. The molecule has 0 saturated carbocycles. The van der Waals surface area contributed by atoms with E-state index >= 15 is 0 Å². The highest BCUT2D eigenvalue weighted by atomic mass is 35.5. The normalized spacial score (nSPS) is 16.5. The van der Waals surface area contributed by atoms with Crippen LogP contribution in [-0.2, 0) is 15.9 Å². The quantitative estimate of drug-likeness (QED) is 0.528. The highest BCUT2D eigenvalue weighted by Gasteiger charge is 2.51. The second-order valence-electron chi connectivity index (χ2n) is 9.63. The SMILES string of the molecule is Cc1cc(-c2cc(B3OC(C)(C)C(C)(C)O3)cnc2N)ccc1C(=O)NCc1cccc(Cl)c1. The van der Waals surface area contributed by atoms with Gasteiger partial charge in [0.15, 0.2) is 0 Å². The van der Waals surface area contributed by atoms with Crippen LogP contribution in [0.3, 0.4) is 0 Å². The molecule has 1 amide bonds. The Hall–Kier alpha value is -2.87. The number of aryl methyl sites for hydroxylation is 1. The van der Waals surface area contributed by atoms with Gasteiger partial charge in [-0.15, -0.1) is 0 Å². The van der Waals surface area contributed by atoms with Crippen LogP contribution in [-0.4, -0.2) is 29.2 Å². The highest BCUT2D eigenvalue weighted by molar-refractivity contribution is 6.62. The lowest BCUT2D eigenvalue weighted by atomic mass is 9.79. The summed E-state index contributed by atoms with van der Waals surface area (Å²) >= 11 is 6.03. The third kappa shape index (κ3) is 4.83. The summed E-state index contributed by atoms with van der Waals surface area (Å²) in [6.07, 6.45) is 1.69. The summed E-state index contributed by atoms with van der Waals surface area (Å²) < 4.78 is 12.3. The van der Waals surface area contributed by atoms with E-state index in [1.807, 2.05) is 71.0 Å². The summed E-state index contributed by atoms with van der Waals surface area (Å²) in [6.45, 7) is 10.3. The van der Waals surface area contributed by atoms with E-state index in [0.29, 0.717) is 22.9 Å². The summed E-state index contributed by atoms with van der Waals surface area (Å²) in [7, 11) is -0.533.